The molecule has 2 N–H and O–H groups in total. The van der Waals surface area contributed by atoms with Gasteiger partial charge >= 0.3 is 0 Å². The molecular weight excluding hydrogens is 417 g/mol. The maximum Gasteiger partial charge on any atom is 0.223 e. The van der Waals surface area contributed by atoms with Crippen LogP contribution < -0.4 is 5.32 Å². The number of aromatic nitrogens is 1. The number of H-pyrrole nitrogens is 1. The Kier molecular flexibility index (Phi) is 5.27. The molecule has 1 saturated heterocycles. The molecule has 1 atom stereocenters. The number of fused-ring (bicyclic) bond motifs is 1. The predicted octanol–water partition coefficient (Wildman–Crippen LogP) is 5.23. The summed E-state index contributed by atoms with van der Waals surface area (Å²) in [4.78, 5) is 27.8. The van der Waals surface area contributed by atoms with Crippen LogP contribution in [0.5, 0.6) is 0 Å². The number of nitrogens with one attached hydrogen (secondary N) is 2. The van der Waals surface area contributed by atoms with Crippen LogP contribution in [0.15, 0.2) is 36.4 Å². The highest BCUT2D eigenvalue weighted by atomic mass is 19.1. The summed E-state index contributed by atoms with van der Waals surface area (Å²) in [5.74, 6) is -2.21. The number of ketones is 1. The summed E-state index contributed by atoms with van der Waals surface area (Å²) >= 11 is 0. The van der Waals surface area contributed by atoms with E-state index >= 15 is 0 Å². The van der Waals surface area contributed by atoms with E-state index in [-0.39, 0.29) is 47.2 Å². The Hall–Kier alpha value is -3.09. The van der Waals surface area contributed by atoms with Gasteiger partial charge in [0.1, 0.15) is 23.2 Å². The summed E-state index contributed by atoms with van der Waals surface area (Å²) in [6.45, 7) is 0.662. The fourth-order valence-corrected chi connectivity index (χ4v) is 5.06. The van der Waals surface area contributed by atoms with Gasteiger partial charge in [-0.05, 0) is 73.1 Å². The number of hydrogen-bond acceptors (Lipinski definition) is 2. The van der Waals surface area contributed by atoms with Gasteiger partial charge in [-0.15, -0.1) is 0 Å². The van der Waals surface area contributed by atoms with E-state index in [0.29, 0.717) is 36.0 Å². The molecule has 1 saturated carbocycles. The van der Waals surface area contributed by atoms with Crippen LogP contribution in [0, 0.1) is 29.3 Å². The zero-order valence-electron chi connectivity index (χ0n) is 17.4. The van der Waals surface area contributed by atoms with Crippen molar-refractivity contribution < 1.29 is 22.8 Å². The Morgan fingerprint density at radius 2 is 1.78 bits per heavy atom. The topological polar surface area (TPSA) is 62.0 Å². The summed E-state index contributed by atoms with van der Waals surface area (Å²) in [7, 11) is 0. The van der Waals surface area contributed by atoms with Crippen molar-refractivity contribution in [3.63, 3.8) is 0 Å². The molecule has 3 aromatic rings. The number of benzene rings is 2. The second kappa shape index (κ2) is 8.11. The van der Waals surface area contributed by atoms with E-state index in [0.717, 1.165) is 24.5 Å². The lowest BCUT2D eigenvalue weighted by Gasteiger charge is -2.36. The Labute approximate surface area is 183 Å². The van der Waals surface area contributed by atoms with Crippen molar-refractivity contribution in [2.75, 3.05) is 6.54 Å². The number of Topliss-reactive ketones (excluding diaryl/α,β-unsaturated/α-hetero) is 1. The van der Waals surface area contributed by atoms with Gasteiger partial charge in [-0.2, -0.15) is 0 Å². The third-order valence-electron chi connectivity index (χ3n) is 6.85. The van der Waals surface area contributed by atoms with E-state index in [9.17, 15) is 22.8 Å². The van der Waals surface area contributed by atoms with E-state index in [2.05, 4.69) is 10.3 Å². The van der Waals surface area contributed by atoms with Gasteiger partial charge in [-0.25, -0.2) is 13.2 Å². The number of amides is 1. The van der Waals surface area contributed by atoms with Crippen molar-refractivity contribution in [3.05, 3.63) is 59.4 Å². The molecule has 0 radical (unpaired) electrons. The van der Waals surface area contributed by atoms with Crippen molar-refractivity contribution in [2.24, 2.45) is 11.8 Å². The number of aromatic amines is 1. The molecule has 4 nitrogen and oxygen atoms in total. The van der Waals surface area contributed by atoms with Crippen LogP contribution >= 0.6 is 0 Å². The molecule has 1 aromatic heterocycles. The second-order valence-corrected chi connectivity index (χ2v) is 8.90. The van der Waals surface area contributed by atoms with Crippen LogP contribution in [-0.2, 0) is 9.59 Å². The average molecular weight is 440 g/mol. The quantitative estimate of drug-likeness (QED) is 0.571. The van der Waals surface area contributed by atoms with E-state index in [1.165, 1.54) is 18.2 Å². The van der Waals surface area contributed by atoms with Gasteiger partial charge in [-0.3, -0.25) is 9.59 Å². The van der Waals surface area contributed by atoms with Gasteiger partial charge in [0.25, 0.3) is 0 Å². The minimum Gasteiger partial charge on any atom is -0.356 e. The van der Waals surface area contributed by atoms with Crippen LogP contribution in [0.1, 0.15) is 43.6 Å². The lowest BCUT2D eigenvalue weighted by atomic mass is 9.67. The Balaban J connectivity index is 1.42. The van der Waals surface area contributed by atoms with E-state index in [1.807, 2.05) is 0 Å². The number of carbonyl (C=O) groups excluding carboxylic acids is 2. The van der Waals surface area contributed by atoms with Gasteiger partial charge < -0.3 is 10.3 Å². The fourth-order valence-electron chi connectivity index (χ4n) is 5.06. The molecule has 32 heavy (non-hydrogen) atoms. The van der Waals surface area contributed by atoms with Gasteiger partial charge in [0.15, 0.2) is 0 Å². The summed E-state index contributed by atoms with van der Waals surface area (Å²) in [6, 6.07) is 7.98. The Bertz CT molecular complexity index is 1200. The molecule has 2 heterocycles. The van der Waals surface area contributed by atoms with Crippen molar-refractivity contribution in [1.29, 1.82) is 0 Å². The highest BCUT2D eigenvalue weighted by Gasteiger charge is 2.39. The third-order valence-corrected chi connectivity index (χ3v) is 6.85. The van der Waals surface area contributed by atoms with Crippen LogP contribution in [0.4, 0.5) is 13.2 Å². The first-order valence-corrected chi connectivity index (χ1v) is 11.0. The first kappa shape index (κ1) is 20.8. The molecule has 1 aliphatic carbocycles. The lowest BCUT2D eigenvalue weighted by Crippen LogP contribution is -2.39. The summed E-state index contributed by atoms with van der Waals surface area (Å²) in [5, 5.41) is 3.26. The first-order chi connectivity index (χ1) is 15.4. The Morgan fingerprint density at radius 3 is 2.50 bits per heavy atom. The number of carbonyl (C=O) groups is 2. The van der Waals surface area contributed by atoms with Gasteiger partial charge in [0.2, 0.25) is 5.91 Å². The number of hydrogen-bond donors (Lipinski definition) is 2. The molecule has 2 aromatic carbocycles. The normalized spacial score (nSPS) is 23.1. The molecule has 166 valence electrons. The molecule has 1 unspecified atom stereocenters. The monoisotopic (exact) mass is 440 g/mol. The lowest BCUT2D eigenvalue weighted by molar-refractivity contribution is -0.133. The molecular formula is C25H23F3N2O2. The number of rotatable bonds is 5. The molecule has 5 rings (SSSR count). The maximum atomic E-state index is 14.5. The molecule has 2 fully saturated rings. The van der Waals surface area contributed by atoms with Gasteiger partial charge in [0, 0.05) is 36.3 Å². The highest BCUT2D eigenvalue weighted by Crippen LogP contribution is 2.49. The van der Waals surface area contributed by atoms with Crippen LogP contribution in [0.25, 0.3) is 22.2 Å². The SMILES string of the molecule is O=C(CC1CCCNC1=O)C1CC(c2c(-c3ccc(F)cc3)[nH]c3c(F)cc(F)cc23)C1. The molecule has 0 bridgehead atoms. The van der Waals surface area contributed by atoms with E-state index in [4.69, 9.17) is 0 Å². The number of piperidine rings is 1. The average Bonchev–Trinajstić information content (AvgIpc) is 3.09. The van der Waals surface area contributed by atoms with Crippen molar-refractivity contribution in [2.45, 2.75) is 38.0 Å². The smallest absolute Gasteiger partial charge is 0.223 e. The standard InChI is InChI=1S/C25H23F3N2O2/c26-17-5-3-13(4-6-17)23-22(19-11-18(27)12-20(28)24(19)30-23)16-8-15(9-16)21(31)10-14-2-1-7-29-25(14)32/h3-6,11-12,14-16,30H,1-2,7-10H2,(H,29,32). The highest BCUT2D eigenvalue weighted by molar-refractivity contribution is 5.93. The summed E-state index contributed by atoms with van der Waals surface area (Å²) < 4.78 is 42.0. The first-order valence-electron chi connectivity index (χ1n) is 11.0. The van der Waals surface area contributed by atoms with Crippen LogP contribution in [0.2, 0.25) is 0 Å². The number of halogens is 3. The van der Waals surface area contributed by atoms with E-state index < -0.39 is 11.6 Å². The largest absolute Gasteiger partial charge is 0.356 e. The maximum absolute atomic E-state index is 14.5. The minimum atomic E-state index is -0.690. The van der Waals surface area contributed by atoms with Crippen LogP contribution in [-0.4, -0.2) is 23.2 Å². The molecule has 1 amide bonds. The van der Waals surface area contributed by atoms with Crippen molar-refractivity contribution in [3.8, 4) is 11.3 Å². The van der Waals surface area contributed by atoms with E-state index in [1.54, 1.807) is 12.1 Å². The minimum absolute atomic E-state index is 0.0540. The van der Waals surface area contributed by atoms with Crippen molar-refractivity contribution >= 4 is 22.6 Å². The van der Waals surface area contributed by atoms with Gasteiger partial charge in [-0.1, -0.05) is 0 Å². The van der Waals surface area contributed by atoms with Crippen molar-refractivity contribution in [1.82, 2.24) is 10.3 Å². The second-order valence-electron chi connectivity index (χ2n) is 8.90. The summed E-state index contributed by atoms with van der Waals surface area (Å²) in [5.41, 5.74) is 2.25. The zero-order valence-corrected chi connectivity index (χ0v) is 17.4. The molecule has 2 aliphatic rings. The molecule has 0 spiro atoms. The predicted molar refractivity (Wildman–Crippen MR) is 114 cm³/mol. The fraction of sp³-hybridized carbons (Fsp3) is 0.360. The summed E-state index contributed by atoms with van der Waals surface area (Å²) in [6.07, 6.45) is 2.97. The van der Waals surface area contributed by atoms with Crippen LogP contribution in [0.3, 0.4) is 0 Å². The molecule has 1 aliphatic heterocycles. The van der Waals surface area contributed by atoms with Gasteiger partial charge in [0.05, 0.1) is 11.2 Å². The zero-order chi connectivity index (χ0) is 22.4. The molecule has 7 heteroatoms. The third kappa shape index (κ3) is 3.70. The Morgan fingerprint density at radius 1 is 1.03 bits per heavy atom.